The minimum atomic E-state index is 0.185. The van der Waals surface area contributed by atoms with Crippen molar-refractivity contribution in [3.05, 3.63) is 205 Å². The van der Waals surface area contributed by atoms with Gasteiger partial charge in [-0.3, -0.25) is 5.41 Å². The van der Waals surface area contributed by atoms with E-state index in [1.807, 2.05) is 30.4 Å². The monoisotopic (exact) mass is 709 g/mol. The van der Waals surface area contributed by atoms with Gasteiger partial charge in [0, 0.05) is 55.6 Å². The minimum Gasteiger partial charge on any atom is -0.317 e. The summed E-state index contributed by atoms with van der Waals surface area (Å²) in [6.07, 6.45) is 7.91. The zero-order valence-corrected chi connectivity index (χ0v) is 30.9. The average Bonchev–Trinajstić information content (AvgIpc) is 3.82. The molecular weight excluding hydrogens is 671 g/mol. The Labute approximate surface area is 320 Å². The highest BCUT2D eigenvalue weighted by atomic mass is 15.2. The van der Waals surface area contributed by atoms with E-state index in [1.165, 1.54) is 10.8 Å². The Bertz CT molecular complexity index is 2900. The first-order valence-electron chi connectivity index (χ1n) is 18.5. The minimum absolute atomic E-state index is 0.185. The van der Waals surface area contributed by atoms with E-state index >= 15 is 0 Å². The normalized spacial score (nSPS) is 14.4. The van der Waals surface area contributed by atoms with Gasteiger partial charge >= 0.3 is 0 Å². The lowest BCUT2D eigenvalue weighted by atomic mass is 10.1. The summed E-state index contributed by atoms with van der Waals surface area (Å²) in [5.74, 6) is 0.185. The zero-order chi connectivity index (χ0) is 37.6. The van der Waals surface area contributed by atoms with E-state index in [-0.39, 0.29) is 5.84 Å². The fourth-order valence-electron chi connectivity index (χ4n) is 8.18. The van der Waals surface area contributed by atoms with Crippen LogP contribution in [-0.4, -0.2) is 20.7 Å². The molecule has 9 rings (SSSR count). The molecule has 0 bridgehead atoms. The number of nitrogens with one attached hydrogen (secondary N) is 1. The van der Waals surface area contributed by atoms with Gasteiger partial charge in [0.1, 0.15) is 0 Å². The molecule has 8 aromatic rings. The molecular formula is C50H39N5. The first-order valence-corrected chi connectivity index (χ1v) is 18.5. The standard InChI is InChI=1S/C50H39N5/c1-5-17-33(3)53-34(4)39(6-2)43-32-36(28-29-47(43)53)50(51)52-49-42-24-12-15-27-46(42)54(37-19-8-7-9-20-37)48(49)31-35-18-16-21-38(30-35)55-44-25-13-10-22-40(44)41-23-11-14-26-45(41)55/h5-32,51H,1-2H2,3-4H3/b33-17+,48-31-,51-50?,52-49?. The Morgan fingerprint density at radius 1 is 0.673 bits per heavy atom. The molecule has 0 amide bonds. The molecule has 0 aliphatic carbocycles. The van der Waals surface area contributed by atoms with E-state index in [2.05, 4.69) is 175 Å². The van der Waals surface area contributed by atoms with Gasteiger partial charge in [0.05, 0.1) is 33.6 Å². The van der Waals surface area contributed by atoms with E-state index in [4.69, 9.17) is 4.99 Å². The Kier molecular flexibility index (Phi) is 8.32. The smallest absolute Gasteiger partial charge is 0.152 e. The SMILES string of the molecule is C=C/C=C(\C)n1c(C)c(C=C)c2cc(C(=N)N=C3/C(=C/c4cccc(-n5c6ccccc6c6ccccc65)c4)N(c4ccccc4)c4ccccc43)ccc21. The van der Waals surface area contributed by atoms with Crippen molar-refractivity contribution < 1.29 is 0 Å². The third-order valence-corrected chi connectivity index (χ3v) is 10.6. The molecule has 3 heterocycles. The highest BCUT2D eigenvalue weighted by Gasteiger charge is 2.32. The van der Waals surface area contributed by atoms with Crippen LogP contribution >= 0.6 is 0 Å². The maximum atomic E-state index is 9.48. The number of hydrogen-bond donors (Lipinski definition) is 1. The molecule has 0 atom stereocenters. The van der Waals surface area contributed by atoms with E-state index in [1.54, 1.807) is 6.08 Å². The van der Waals surface area contributed by atoms with Crippen molar-refractivity contribution in [2.24, 2.45) is 4.99 Å². The lowest BCUT2D eigenvalue weighted by molar-refractivity contribution is 1.07. The highest BCUT2D eigenvalue weighted by molar-refractivity contribution is 6.29. The van der Waals surface area contributed by atoms with Crippen LogP contribution < -0.4 is 4.90 Å². The van der Waals surface area contributed by atoms with Gasteiger partial charge in [0.15, 0.2) is 5.84 Å². The summed E-state index contributed by atoms with van der Waals surface area (Å²) < 4.78 is 4.56. The lowest BCUT2D eigenvalue weighted by Gasteiger charge is -2.21. The van der Waals surface area contributed by atoms with Crippen molar-refractivity contribution in [3.63, 3.8) is 0 Å². The van der Waals surface area contributed by atoms with Crippen LogP contribution in [0.4, 0.5) is 11.4 Å². The molecule has 1 aliphatic heterocycles. The Morgan fingerprint density at radius 2 is 1.35 bits per heavy atom. The summed E-state index contributed by atoms with van der Waals surface area (Å²) in [7, 11) is 0. The van der Waals surface area contributed by atoms with Crippen LogP contribution in [0, 0.1) is 12.3 Å². The van der Waals surface area contributed by atoms with Crippen molar-refractivity contribution in [2.45, 2.75) is 13.8 Å². The van der Waals surface area contributed by atoms with Gasteiger partial charge in [0.25, 0.3) is 0 Å². The maximum Gasteiger partial charge on any atom is 0.152 e. The number of aromatic nitrogens is 2. The number of hydrogen-bond acceptors (Lipinski definition) is 2. The Morgan fingerprint density at radius 3 is 2.07 bits per heavy atom. The van der Waals surface area contributed by atoms with Gasteiger partial charge in [-0.1, -0.05) is 110 Å². The molecule has 55 heavy (non-hydrogen) atoms. The maximum absolute atomic E-state index is 9.48. The number of nitrogens with zero attached hydrogens (tertiary/aromatic N) is 4. The fraction of sp³-hybridized carbons (Fsp3) is 0.0400. The van der Waals surface area contributed by atoms with E-state index in [9.17, 15) is 5.41 Å². The summed E-state index contributed by atoms with van der Waals surface area (Å²) in [6.45, 7) is 12.2. The molecule has 264 valence electrons. The van der Waals surface area contributed by atoms with Crippen molar-refractivity contribution in [2.75, 3.05) is 4.90 Å². The van der Waals surface area contributed by atoms with Crippen LogP contribution in [-0.2, 0) is 0 Å². The number of aliphatic imine (C=N–C) groups is 1. The highest BCUT2D eigenvalue weighted by Crippen LogP contribution is 2.42. The predicted octanol–water partition coefficient (Wildman–Crippen LogP) is 12.7. The second-order valence-electron chi connectivity index (χ2n) is 13.8. The van der Waals surface area contributed by atoms with E-state index < -0.39 is 0 Å². The number of benzene rings is 6. The fourth-order valence-corrected chi connectivity index (χ4v) is 8.18. The Balaban J connectivity index is 1.21. The molecule has 6 aromatic carbocycles. The molecule has 0 spiro atoms. The topological polar surface area (TPSA) is 49.3 Å². The molecule has 1 aliphatic rings. The quantitative estimate of drug-likeness (QED) is 0.0999. The van der Waals surface area contributed by atoms with Gasteiger partial charge in [0.2, 0.25) is 0 Å². The summed E-state index contributed by atoms with van der Waals surface area (Å²) in [6, 6.07) is 50.7. The largest absolute Gasteiger partial charge is 0.317 e. The average molecular weight is 710 g/mol. The van der Waals surface area contributed by atoms with E-state index in [0.717, 1.165) is 84.1 Å². The van der Waals surface area contributed by atoms with Crippen LogP contribution in [0.3, 0.4) is 0 Å². The summed E-state index contributed by atoms with van der Waals surface area (Å²) in [5.41, 5.74) is 14.1. The number of rotatable bonds is 7. The Hall–Kier alpha value is -7.24. The molecule has 0 radical (unpaired) electrons. The molecule has 2 aromatic heterocycles. The first-order chi connectivity index (χ1) is 27.0. The second-order valence-corrected chi connectivity index (χ2v) is 13.8. The lowest BCUT2D eigenvalue weighted by Crippen LogP contribution is -2.15. The zero-order valence-electron chi connectivity index (χ0n) is 30.9. The summed E-state index contributed by atoms with van der Waals surface area (Å²) in [4.78, 5) is 7.43. The van der Waals surface area contributed by atoms with Gasteiger partial charge in [-0.05, 0) is 92.2 Å². The van der Waals surface area contributed by atoms with Gasteiger partial charge in [-0.15, -0.1) is 0 Å². The molecule has 0 fully saturated rings. The molecule has 5 nitrogen and oxygen atoms in total. The van der Waals surface area contributed by atoms with Crippen molar-refractivity contribution >= 4 is 73.5 Å². The first kappa shape index (κ1) is 33.6. The number of allylic oxidation sites excluding steroid dienone is 4. The number of anilines is 2. The molecule has 0 saturated heterocycles. The molecule has 0 unspecified atom stereocenters. The van der Waals surface area contributed by atoms with Crippen LogP contribution in [0.15, 0.2) is 182 Å². The van der Waals surface area contributed by atoms with Crippen molar-refractivity contribution in [1.82, 2.24) is 9.13 Å². The molecule has 0 saturated carbocycles. The van der Waals surface area contributed by atoms with Crippen LogP contribution in [0.1, 0.15) is 34.9 Å². The predicted molar refractivity (Wildman–Crippen MR) is 234 cm³/mol. The van der Waals surface area contributed by atoms with Gasteiger partial charge in [-0.2, -0.15) is 0 Å². The summed E-state index contributed by atoms with van der Waals surface area (Å²) in [5, 5.41) is 13.0. The van der Waals surface area contributed by atoms with E-state index in [0.29, 0.717) is 0 Å². The van der Waals surface area contributed by atoms with Crippen LogP contribution in [0.2, 0.25) is 0 Å². The molecule has 5 heteroatoms. The van der Waals surface area contributed by atoms with Crippen molar-refractivity contribution in [1.29, 1.82) is 5.41 Å². The number of para-hydroxylation sites is 4. The number of amidine groups is 1. The van der Waals surface area contributed by atoms with Gasteiger partial charge in [-0.25, -0.2) is 4.99 Å². The third kappa shape index (κ3) is 5.56. The third-order valence-electron chi connectivity index (χ3n) is 10.6. The van der Waals surface area contributed by atoms with Crippen molar-refractivity contribution in [3.8, 4) is 5.69 Å². The second kappa shape index (κ2) is 13.6. The van der Waals surface area contributed by atoms with Gasteiger partial charge < -0.3 is 14.0 Å². The van der Waals surface area contributed by atoms with Crippen LogP contribution in [0.5, 0.6) is 0 Å². The summed E-state index contributed by atoms with van der Waals surface area (Å²) >= 11 is 0. The molecule has 1 N–H and O–H groups in total. The van der Waals surface area contributed by atoms with Crippen LogP contribution in [0.25, 0.3) is 56.2 Å². The number of fused-ring (bicyclic) bond motifs is 5.